The Kier molecular flexibility index (Phi) is 4.07. The molecule has 0 bridgehead atoms. The van der Waals surface area contributed by atoms with Gasteiger partial charge in [0.2, 0.25) is 5.91 Å². The molecule has 0 spiro atoms. The number of fused-ring (bicyclic) bond motifs is 1. The molecule has 0 atom stereocenters. The van der Waals surface area contributed by atoms with Crippen LogP contribution in [0.2, 0.25) is 0 Å². The summed E-state index contributed by atoms with van der Waals surface area (Å²) >= 11 is 0. The van der Waals surface area contributed by atoms with Crippen LogP contribution >= 0.6 is 0 Å². The second-order valence-corrected chi connectivity index (χ2v) is 5.08. The van der Waals surface area contributed by atoms with E-state index in [4.69, 9.17) is 0 Å². The third-order valence-electron chi connectivity index (χ3n) is 3.42. The fourth-order valence-corrected chi connectivity index (χ4v) is 2.36. The Hall–Kier alpha value is -3.48. The van der Waals surface area contributed by atoms with Crippen molar-refractivity contribution in [2.24, 2.45) is 0 Å². The summed E-state index contributed by atoms with van der Waals surface area (Å²) in [6.45, 7) is -0.376. The summed E-state index contributed by atoms with van der Waals surface area (Å²) in [6, 6.07) is 15.0. The van der Waals surface area contributed by atoms with Crippen molar-refractivity contribution in [3.05, 3.63) is 70.6 Å². The number of carbonyl (C=O) groups excluding carboxylic acids is 1. The molecule has 2 N–H and O–H groups in total. The molecule has 0 unspecified atom stereocenters. The van der Waals surface area contributed by atoms with Gasteiger partial charge in [-0.2, -0.15) is 5.10 Å². The molecule has 7 heteroatoms. The van der Waals surface area contributed by atoms with Gasteiger partial charge >= 0.3 is 5.97 Å². The predicted octanol–water partition coefficient (Wildman–Crippen LogP) is 1.73. The van der Waals surface area contributed by atoms with Gasteiger partial charge in [0.25, 0.3) is 5.56 Å². The number of nitrogens with one attached hydrogen (secondary N) is 1. The first-order valence-corrected chi connectivity index (χ1v) is 7.14. The number of carboxylic acid groups (broad SMARTS) is 1. The second kappa shape index (κ2) is 6.33. The zero-order chi connectivity index (χ0) is 17.1. The van der Waals surface area contributed by atoms with E-state index in [1.54, 1.807) is 36.4 Å². The molecule has 0 saturated heterocycles. The Morgan fingerprint density at radius 2 is 1.62 bits per heavy atom. The number of anilines is 1. The van der Waals surface area contributed by atoms with E-state index in [1.165, 1.54) is 12.1 Å². The summed E-state index contributed by atoms with van der Waals surface area (Å²) < 4.78 is 0.865. The highest BCUT2D eigenvalue weighted by atomic mass is 16.4. The van der Waals surface area contributed by atoms with Crippen molar-refractivity contribution >= 4 is 28.3 Å². The molecule has 1 aromatic heterocycles. The fraction of sp³-hybridized carbons (Fsp3) is 0.0588. The number of aromatic carboxylic acids is 1. The lowest BCUT2D eigenvalue weighted by Gasteiger charge is -2.09. The van der Waals surface area contributed by atoms with Gasteiger partial charge in [0.15, 0.2) is 5.69 Å². The molecule has 1 amide bonds. The Morgan fingerprint density at radius 1 is 1.00 bits per heavy atom. The molecule has 0 radical (unpaired) electrons. The van der Waals surface area contributed by atoms with Crippen LogP contribution in [0.4, 0.5) is 5.69 Å². The quantitative estimate of drug-likeness (QED) is 0.761. The van der Waals surface area contributed by atoms with Gasteiger partial charge in [-0.15, -0.1) is 0 Å². The molecule has 24 heavy (non-hydrogen) atoms. The number of amides is 1. The summed E-state index contributed by atoms with van der Waals surface area (Å²) in [4.78, 5) is 35.9. The molecule has 3 rings (SSSR count). The van der Waals surface area contributed by atoms with E-state index in [9.17, 15) is 19.5 Å². The topological polar surface area (TPSA) is 101 Å². The molecule has 0 saturated carbocycles. The zero-order valence-corrected chi connectivity index (χ0v) is 12.5. The molecule has 0 aliphatic carbocycles. The van der Waals surface area contributed by atoms with Crippen LogP contribution in [-0.4, -0.2) is 26.8 Å². The molecule has 120 valence electrons. The minimum Gasteiger partial charge on any atom is -0.476 e. The van der Waals surface area contributed by atoms with Gasteiger partial charge in [-0.3, -0.25) is 9.59 Å². The van der Waals surface area contributed by atoms with Gasteiger partial charge in [0.05, 0.1) is 5.39 Å². The largest absolute Gasteiger partial charge is 0.476 e. The SMILES string of the molecule is O=C(Cn1nc(C(=O)O)c2ccccc2c1=O)Nc1ccccc1. The van der Waals surface area contributed by atoms with E-state index < -0.39 is 17.4 Å². The Bertz CT molecular complexity index is 980. The van der Waals surface area contributed by atoms with E-state index in [2.05, 4.69) is 10.4 Å². The van der Waals surface area contributed by atoms with E-state index in [1.807, 2.05) is 6.07 Å². The average molecular weight is 323 g/mol. The van der Waals surface area contributed by atoms with Crippen LogP contribution < -0.4 is 10.9 Å². The third kappa shape index (κ3) is 3.00. The Balaban J connectivity index is 1.97. The molecule has 3 aromatic rings. The molecule has 0 fully saturated rings. The average Bonchev–Trinajstić information content (AvgIpc) is 2.58. The van der Waals surface area contributed by atoms with E-state index >= 15 is 0 Å². The predicted molar refractivity (Wildman–Crippen MR) is 88.0 cm³/mol. The second-order valence-electron chi connectivity index (χ2n) is 5.08. The highest BCUT2D eigenvalue weighted by molar-refractivity contribution is 6.01. The lowest BCUT2D eigenvalue weighted by molar-refractivity contribution is -0.117. The third-order valence-corrected chi connectivity index (χ3v) is 3.42. The lowest BCUT2D eigenvalue weighted by atomic mass is 10.1. The number of aromatic nitrogens is 2. The van der Waals surface area contributed by atoms with Crippen molar-refractivity contribution < 1.29 is 14.7 Å². The van der Waals surface area contributed by atoms with Gasteiger partial charge in [-0.05, 0) is 18.2 Å². The molecule has 2 aromatic carbocycles. The van der Waals surface area contributed by atoms with Crippen LogP contribution in [0.25, 0.3) is 10.8 Å². The molecule has 1 heterocycles. The number of hydrogen-bond acceptors (Lipinski definition) is 4. The first-order valence-electron chi connectivity index (χ1n) is 7.14. The molecular weight excluding hydrogens is 310 g/mol. The maximum absolute atomic E-state index is 12.4. The highest BCUT2D eigenvalue weighted by Crippen LogP contribution is 2.13. The minimum atomic E-state index is -1.26. The lowest BCUT2D eigenvalue weighted by Crippen LogP contribution is -2.31. The normalized spacial score (nSPS) is 10.5. The molecular formula is C17H13N3O4. The van der Waals surface area contributed by atoms with E-state index in [0.717, 1.165) is 4.68 Å². The summed E-state index contributed by atoms with van der Waals surface area (Å²) in [5.41, 5.74) is -0.202. The zero-order valence-electron chi connectivity index (χ0n) is 12.5. The van der Waals surface area contributed by atoms with Crippen LogP contribution in [0, 0.1) is 0 Å². The summed E-state index contributed by atoms with van der Waals surface area (Å²) in [5, 5.41) is 16.2. The van der Waals surface area contributed by atoms with E-state index in [0.29, 0.717) is 5.69 Å². The maximum atomic E-state index is 12.4. The van der Waals surface area contributed by atoms with Crippen molar-refractivity contribution in [1.29, 1.82) is 0 Å². The number of carboxylic acids is 1. The van der Waals surface area contributed by atoms with Gasteiger partial charge in [0.1, 0.15) is 6.54 Å². The van der Waals surface area contributed by atoms with Crippen molar-refractivity contribution in [3.63, 3.8) is 0 Å². The number of benzene rings is 2. The number of hydrogen-bond donors (Lipinski definition) is 2. The van der Waals surface area contributed by atoms with Crippen LogP contribution in [0.5, 0.6) is 0 Å². The van der Waals surface area contributed by atoms with Gasteiger partial charge in [-0.25, -0.2) is 9.48 Å². The fourth-order valence-electron chi connectivity index (χ4n) is 2.36. The monoisotopic (exact) mass is 323 g/mol. The number of carbonyl (C=O) groups is 2. The first-order chi connectivity index (χ1) is 11.6. The van der Waals surface area contributed by atoms with Crippen LogP contribution in [0.1, 0.15) is 10.5 Å². The number of para-hydroxylation sites is 1. The minimum absolute atomic E-state index is 0.206. The van der Waals surface area contributed by atoms with Crippen molar-refractivity contribution in [3.8, 4) is 0 Å². The van der Waals surface area contributed by atoms with E-state index in [-0.39, 0.29) is 23.0 Å². The standard InChI is InChI=1S/C17H13N3O4/c21-14(18-11-6-2-1-3-7-11)10-20-16(22)13-9-5-4-8-12(13)15(19-20)17(23)24/h1-9H,10H2,(H,18,21)(H,23,24). The van der Waals surface area contributed by atoms with Crippen molar-refractivity contribution in [1.82, 2.24) is 9.78 Å². The Morgan fingerprint density at radius 3 is 2.29 bits per heavy atom. The summed E-state index contributed by atoms with van der Waals surface area (Å²) in [6.07, 6.45) is 0. The van der Waals surface area contributed by atoms with Crippen LogP contribution in [-0.2, 0) is 11.3 Å². The summed E-state index contributed by atoms with van der Waals surface area (Å²) in [7, 11) is 0. The van der Waals surface area contributed by atoms with Gasteiger partial charge in [0, 0.05) is 11.1 Å². The first kappa shape index (κ1) is 15.4. The summed E-state index contributed by atoms with van der Waals surface area (Å²) in [5.74, 6) is -1.73. The van der Waals surface area contributed by atoms with Gasteiger partial charge in [-0.1, -0.05) is 36.4 Å². The van der Waals surface area contributed by atoms with Crippen molar-refractivity contribution in [2.75, 3.05) is 5.32 Å². The van der Waals surface area contributed by atoms with Crippen LogP contribution in [0.15, 0.2) is 59.4 Å². The van der Waals surface area contributed by atoms with Crippen molar-refractivity contribution in [2.45, 2.75) is 6.54 Å². The van der Waals surface area contributed by atoms with Crippen LogP contribution in [0.3, 0.4) is 0 Å². The van der Waals surface area contributed by atoms with Gasteiger partial charge < -0.3 is 10.4 Å². The smallest absolute Gasteiger partial charge is 0.357 e. The molecule has 0 aliphatic heterocycles. The maximum Gasteiger partial charge on any atom is 0.357 e. The molecule has 0 aliphatic rings. The number of rotatable bonds is 4. The number of nitrogens with zero attached hydrogens (tertiary/aromatic N) is 2. The molecule has 7 nitrogen and oxygen atoms in total. The highest BCUT2D eigenvalue weighted by Gasteiger charge is 2.17. The Labute approximate surface area is 136 Å².